The molecule has 1 unspecified atom stereocenters. The van der Waals surface area contributed by atoms with E-state index in [2.05, 4.69) is 0 Å². The number of carbonyl (C=O) groups excluding carboxylic acids is 1. The van der Waals surface area contributed by atoms with Gasteiger partial charge in [0.1, 0.15) is 5.60 Å². The summed E-state index contributed by atoms with van der Waals surface area (Å²) in [6, 6.07) is 5.53. The topological polar surface area (TPSA) is 92.9 Å². The van der Waals surface area contributed by atoms with Crippen LogP contribution in [-0.2, 0) is 9.53 Å². The number of amides is 1. The highest BCUT2D eigenvalue weighted by Gasteiger charge is 2.30. The molecule has 1 atom stereocenters. The third-order valence-corrected chi connectivity index (χ3v) is 5.62. The summed E-state index contributed by atoms with van der Waals surface area (Å²) in [5.41, 5.74) is 7.01. The summed E-state index contributed by atoms with van der Waals surface area (Å²) >= 11 is 1.82. The lowest BCUT2D eigenvalue weighted by Crippen LogP contribution is -2.39. The number of ether oxygens (including phenoxy) is 1. The summed E-state index contributed by atoms with van der Waals surface area (Å²) < 4.78 is 5.57. The van der Waals surface area contributed by atoms with Gasteiger partial charge in [-0.3, -0.25) is 4.79 Å². The zero-order valence-electron chi connectivity index (χ0n) is 16.5. The second kappa shape index (κ2) is 8.87. The van der Waals surface area contributed by atoms with Gasteiger partial charge < -0.3 is 20.5 Å². The van der Waals surface area contributed by atoms with E-state index in [0.717, 1.165) is 10.5 Å². The van der Waals surface area contributed by atoms with Gasteiger partial charge in [-0.2, -0.15) is 0 Å². The van der Waals surface area contributed by atoms with Crippen LogP contribution in [0.4, 0.5) is 10.5 Å². The number of carboxylic acid groups (broad SMARTS) is 1. The predicted octanol–water partition coefficient (Wildman–Crippen LogP) is 4.69. The minimum Gasteiger partial charge on any atom is -0.481 e. The van der Waals surface area contributed by atoms with Gasteiger partial charge in [0.2, 0.25) is 0 Å². The highest BCUT2D eigenvalue weighted by atomic mass is 32.2. The number of rotatable bonds is 8. The van der Waals surface area contributed by atoms with E-state index >= 15 is 0 Å². The van der Waals surface area contributed by atoms with Crippen molar-refractivity contribution in [3.63, 3.8) is 0 Å². The lowest BCUT2D eigenvalue weighted by molar-refractivity contribution is -0.137. The van der Waals surface area contributed by atoms with Crippen LogP contribution in [0.3, 0.4) is 0 Å². The van der Waals surface area contributed by atoms with Crippen LogP contribution in [0.25, 0.3) is 0 Å². The fraction of sp³-hybridized carbons (Fsp3) is 0.600. The number of thioether (sulfide) groups is 1. The fourth-order valence-corrected chi connectivity index (χ4v) is 3.94. The standard InChI is InChI=1S/C20H30N2O4S/c1-13(16-12-14(21)7-10-17(16)27-15-8-9-15)22(11-5-6-18(23)24)19(25)26-20(2,3)4/h7,10,12-13,15H,5-6,8-9,11,21H2,1-4H3,(H,23,24). The predicted molar refractivity (Wildman–Crippen MR) is 108 cm³/mol. The van der Waals surface area contributed by atoms with Crippen molar-refractivity contribution < 1.29 is 19.4 Å². The molecule has 0 saturated heterocycles. The Balaban J connectivity index is 2.25. The Morgan fingerprint density at radius 3 is 2.59 bits per heavy atom. The Morgan fingerprint density at radius 1 is 1.37 bits per heavy atom. The van der Waals surface area contributed by atoms with Crippen molar-refractivity contribution >= 4 is 29.5 Å². The Hall–Kier alpha value is -1.89. The Kier molecular flexibility index (Phi) is 7.03. The molecule has 1 aliphatic carbocycles. The van der Waals surface area contributed by atoms with E-state index in [1.165, 1.54) is 12.8 Å². The van der Waals surface area contributed by atoms with Gasteiger partial charge in [-0.25, -0.2) is 4.79 Å². The number of nitrogens with zero attached hydrogens (tertiary/aromatic N) is 1. The molecule has 6 nitrogen and oxygen atoms in total. The van der Waals surface area contributed by atoms with Crippen LogP contribution in [0, 0.1) is 0 Å². The molecule has 27 heavy (non-hydrogen) atoms. The first-order chi connectivity index (χ1) is 12.6. The van der Waals surface area contributed by atoms with E-state index < -0.39 is 17.7 Å². The van der Waals surface area contributed by atoms with Gasteiger partial charge in [0, 0.05) is 28.8 Å². The molecule has 150 valence electrons. The molecule has 2 rings (SSSR count). The summed E-state index contributed by atoms with van der Waals surface area (Å²) in [6.45, 7) is 7.71. The van der Waals surface area contributed by atoms with E-state index in [1.807, 2.05) is 57.7 Å². The maximum Gasteiger partial charge on any atom is 0.410 e. The molecule has 0 aromatic heterocycles. The average Bonchev–Trinajstić information content (AvgIpc) is 3.34. The number of nitrogen functional groups attached to an aromatic ring is 1. The quantitative estimate of drug-likeness (QED) is 0.622. The minimum absolute atomic E-state index is 0.00658. The Labute approximate surface area is 165 Å². The van der Waals surface area contributed by atoms with Crippen molar-refractivity contribution in [3.8, 4) is 0 Å². The number of carbonyl (C=O) groups is 2. The zero-order chi connectivity index (χ0) is 20.2. The van der Waals surface area contributed by atoms with Crippen molar-refractivity contribution in [1.82, 2.24) is 4.90 Å². The van der Waals surface area contributed by atoms with Gasteiger partial charge in [-0.1, -0.05) is 0 Å². The number of nitrogens with two attached hydrogens (primary N) is 1. The molecule has 1 amide bonds. The molecule has 0 bridgehead atoms. The van der Waals surface area contributed by atoms with Crippen LogP contribution in [-0.4, -0.2) is 39.5 Å². The van der Waals surface area contributed by atoms with Gasteiger partial charge >= 0.3 is 12.1 Å². The first-order valence-corrected chi connectivity index (χ1v) is 10.2. The molecule has 0 heterocycles. The summed E-state index contributed by atoms with van der Waals surface area (Å²) in [5, 5.41) is 9.57. The average molecular weight is 395 g/mol. The van der Waals surface area contributed by atoms with Gasteiger partial charge in [-0.15, -0.1) is 11.8 Å². The van der Waals surface area contributed by atoms with Crippen LogP contribution in [0.5, 0.6) is 0 Å². The van der Waals surface area contributed by atoms with Crippen LogP contribution in [0.1, 0.15) is 65.0 Å². The molecule has 1 aromatic carbocycles. The van der Waals surface area contributed by atoms with Gasteiger partial charge in [0.05, 0.1) is 6.04 Å². The van der Waals surface area contributed by atoms with E-state index in [1.54, 1.807) is 4.90 Å². The van der Waals surface area contributed by atoms with E-state index in [9.17, 15) is 9.59 Å². The fourth-order valence-electron chi connectivity index (χ4n) is 2.70. The molecule has 0 aliphatic heterocycles. The van der Waals surface area contributed by atoms with Crippen LogP contribution >= 0.6 is 11.8 Å². The smallest absolute Gasteiger partial charge is 0.410 e. The highest BCUT2D eigenvalue weighted by molar-refractivity contribution is 8.00. The van der Waals surface area contributed by atoms with Crippen molar-refractivity contribution in [2.45, 2.75) is 75.2 Å². The van der Waals surface area contributed by atoms with Gasteiger partial charge in [0.15, 0.2) is 0 Å². The van der Waals surface area contributed by atoms with Crippen LogP contribution in [0.15, 0.2) is 23.1 Å². The Morgan fingerprint density at radius 2 is 2.04 bits per heavy atom. The van der Waals surface area contributed by atoms with Crippen molar-refractivity contribution in [3.05, 3.63) is 23.8 Å². The van der Waals surface area contributed by atoms with Crippen molar-refractivity contribution in [2.24, 2.45) is 0 Å². The molecule has 1 fully saturated rings. The Bertz CT molecular complexity index is 683. The SMILES string of the molecule is CC(c1cc(N)ccc1SC1CC1)N(CCCC(=O)O)C(=O)OC(C)(C)C. The first kappa shape index (κ1) is 21.4. The monoisotopic (exact) mass is 394 g/mol. The zero-order valence-corrected chi connectivity index (χ0v) is 17.3. The lowest BCUT2D eigenvalue weighted by Gasteiger charge is -2.33. The van der Waals surface area contributed by atoms with E-state index in [0.29, 0.717) is 23.9 Å². The minimum atomic E-state index is -0.874. The largest absolute Gasteiger partial charge is 0.481 e. The van der Waals surface area contributed by atoms with Gasteiger partial charge in [-0.05, 0) is 70.7 Å². The second-order valence-corrected chi connectivity index (χ2v) is 9.30. The number of hydrogen-bond donors (Lipinski definition) is 2. The highest BCUT2D eigenvalue weighted by Crippen LogP contribution is 2.43. The summed E-state index contributed by atoms with van der Waals surface area (Å²) in [6.07, 6.45) is 2.35. The number of aliphatic carboxylic acids is 1. The molecule has 1 saturated carbocycles. The molecule has 7 heteroatoms. The summed E-state index contributed by atoms with van der Waals surface area (Å²) in [5.74, 6) is -0.874. The maximum absolute atomic E-state index is 12.8. The van der Waals surface area contributed by atoms with E-state index in [-0.39, 0.29) is 12.5 Å². The van der Waals surface area contributed by atoms with Gasteiger partial charge in [0.25, 0.3) is 0 Å². The number of anilines is 1. The molecule has 1 aliphatic rings. The van der Waals surface area contributed by atoms with Crippen LogP contribution in [0.2, 0.25) is 0 Å². The summed E-state index contributed by atoms with van der Waals surface area (Å²) in [7, 11) is 0. The first-order valence-electron chi connectivity index (χ1n) is 9.34. The molecular formula is C20H30N2O4S. The van der Waals surface area contributed by atoms with Crippen molar-refractivity contribution in [2.75, 3.05) is 12.3 Å². The third-order valence-electron chi connectivity index (χ3n) is 4.19. The number of carboxylic acids is 1. The van der Waals surface area contributed by atoms with Crippen molar-refractivity contribution in [1.29, 1.82) is 0 Å². The summed E-state index contributed by atoms with van der Waals surface area (Å²) in [4.78, 5) is 26.4. The molecule has 3 N–H and O–H groups in total. The second-order valence-electron chi connectivity index (χ2n) is 7.96. The number of benzene rings is 1. The van der Waals surface area contributed by atoms with Crippen LogP contribution < -0.4 is 5.73 Å². The lowest BCUT2D eigenvalue weighted by atomic mass is 10.1. The molecule has 0 radical (unpaired) electrons. The molecular weight excluding hydrogens is 364 g/mol. The maximum atomic E-state index is 12.8. The van der Waals surface area contributed by atoms with E-state index in [4.69, 9.17) is 15.6 Å². The number of hydrogen-bond acceptors (Lipinski definition) is 5. The normalized spacial score (nSPS) is 15.3. The molecule has 0 spiro atoms. The third kappa shape index (κ3) is 6.97. The molecule has 1 aromatic rings.